The lowest BCUT2D eigenvalue weighted by Crippen LogP contribution is -2.16. The van der Waals surface area contributed by atoms with E-state index in [9.17, 15) is 9.59 Å². The number of rotatable bonds is 5. The van der Waals surface area contributed by atoms with Crippen molar-refractivity contribution in [2.75, 3.05) is 5.32 Å². The number of hydrogen-bond donors (Lipinski definition) is 1. The molecule has 4 aromatic rings. The molecule has 5 nitrogen and oxygen atoms in total. The Morgan fingerprint density at radius 3 is 2.31 bits per heavy atom. The molecule has 4 rings (SSSR count). The first kappa shape index (κ1) is 18.6. The summed E-state index contributed by atoms with van der Waals surface area (Å²) in [4.78, 5) is 29.9. The number of carbonyl (C=O) groups excluding carboxylic acids is 1. The zero-order valence-electron chi connectivity index (χ0n) is 16.3. The third kappa shape index (κ3) is 3.55. The minimum Gasteiger partial charge on any atom is -0.341 e. The van der Waals surface area contributed by atoms with Gasteiger partial charge in [0, 0.05) is 23.9 Å². The topological polar surface area (TPSA) is 64.0 Å². The van der Waals surface area contributed by atoms with Crippen LogP contribution in [0.4, 0.5) is 11.5 Å². The molecular weight excluding hydrogens is 362 g/mol. The van der Waals surface area contributed by atoms with Crippen LogP contribution in [0.15, 0.2) is 77.6 Å². The highest BCUT2D eigenvalue weighted by Gasteiger charge is 2.17. The van der Waals surface area contributed by atoms with Crippen molar-refractivity contribution in [1.29, 1.82) is 0 Å². The van der Waals surface area contributed by atoms with Gasteiger partial charge in [0.2, 0.25) is 0 Å². The van der Waals surface area contributed by atoms with Crippen molar-refractivity contribution in [2.24, 2.45) is 0 Å². The van der Waals surface area contributed by atoms with Crippen LogP contribution < -0.4 is 10.7 Å². The first-order chi connectivity index (χ1) is 14.1. The van der Waals surface area contributed by atoms with Gasteiger partial charge in [-0.15, -0.1) is 0 Å². The zero-order chi connectivity index (χ0) is 20.4. The number of nitrogens with zero attached hydrogens (tertiary/aromatic N) is 2. The Kier molecular flexibility index (Phi) is 4.96. The molecule has 5 heteroatoms. The van der Waals surface area contributed by atoms with Crippen molar-refractivity contribution >= 4 is 28.3 Å². The molecule has 2 aromatic carbocycles. The average molecular weight is 383 g/mol. The van der Waals surface area contributed by atoms with Gasteiger partial charge in [-0.25, -0.2) is 4.98 Å². The second-order valence-corrected chi connectivity index (χ2v) is 6.86. The minimum absolute atomic E-state index is 0.0523. The number of Topliss-reactive ketones (excluding diaryl/α,β-unsaturated/α-hetero) is 1. The third-order valence-electron chi connectivity index (χ3n) is 4.83. The van der Waals surface area contributed by atoms with E-state index >= 15 is 0 Å². The van der Waals surface area contributed by atoms with E-state index in [0.29, 0.717) is 29.0 Å². The first-order valence-corrected chi connectivity index (χ1v) is 9.56. The van der Waals surface area contributed by atoms with Crippen LogP contribution in [0, 0.1) is 6.92 Å². The molecule has 0 aliphatic heterocycles. The molecule has 0 amide bonds. The summed E-state index contributed by atoms with van der Waals surface area (Å²) in [5.74, 6) is 0.538. The van der Waals surface area contributed by atoms with Crippen LogP contribution in [0.3, 0.4) is 0 Å². The number of benzene rings is 2. The molecule has 0 fully saturated rings. The van der Waals surface area contributed by atoms with E-state index in [2.05, 4.69) is 10.3 Å². The van der Waals surface area contributed by atoms with Crippen molar-refractivity contribution in [3.05, 3.63) is 94.3 Å². The molecule has 0 saturated carbocycles. The molecule has 2 aromatic heterocycles. The SMILES string of the molecule is CCC(=O)c1cc(C)c2c(=O)cc(Nc3ccccc3)n(-c3ccccc3)c2n1. The lowest BCUT2D eigenvalue weighted by molar-refractivity contribution is 0.0983. The minimum atomic E-state index is -0.133. The fraction of sp³-hybridized carbons (Fsp3) is 0.125. The van der Waals surface area contributed by atoms with Crippen molar-refractivity contribution in [2.45, 2.75) is 20.3 Å². The number of ketones is 1. The number of aryl methyl sites for hydroxylation is 1. The van der Waals surface area contributed by atoms with Crippen LogP contribution >= 0.6 is 0 Å². The summed E-state index contributed by atoms with van der Waals surface area (Å²) in [5.41, 5.74) is 3.16. The summed E-state index contributed by atoms with van der Waals surface area (Å²) in [6.45, 7) is 3.65. The molecule has 0 radical (unpaired) electrons. The van der Waals surface area contributed by atoms with Gasteiger partial charge < -0.3 is 5.32 Å². The van der Waals surface area contributed by atoms with Gasteiger partial charge >= 0.3 is 0 Å². The van der Waals surface area contributed by atoms with Gasteiger partial charge in [-0.05, 0) is 42.8 Å². The molecule has 29 heavy (non-hydrogen) atoms. The number of pyridine rings is 2. The summed E-state index contributed by atoms with van der Waals surface area (Å²) in [5, 5.41) is 3.84. The monoisotopic (exact) mass is 383 g/mol. The number of carbonyl (C=O) groups is 1. The van der Waals surface area contributed by atoms with Gasteiger partial charge in [0.25, 0.3) is 0 Å². The number of anilines is 2. The first-order valence-electron chi connectivity index (χ1n) is 9.56. The van der Waals surface area contributed by atoms with E-state index in [4.69, 9.17) is 0 Å². The van der Waals surface area contributed by atoms with Crippen LogP contribution in [0.5, 0.6) is 0 Å². The van der Waals surface area contributed by atoms with Crippen molar-refractivity contribution < 1.29 is 4.79 Å². The van der Waals surface area contributed by atoms with E-state index in [0.717, 1.165) is 16.9 Å². The largest absolute Gasteiger partial charge is 0.341 e. The Morgan fingerprint density at radius 1 is 1.00 bits per heavy atom. The van der Waals surface area contributed by atoms with Crippen molar-refractivity contribution in [3.63, 3.8) is 0 Å². The molecule has 0 atom stereocenters. The molecule has 0 bridgehead atoms. The van der Waals surface area contributed by atoms with E-state index in [1.54, 1.807) is 19.1 Å². The Bertz CT molecular complexity index is 1250. The maximum Gasteiger partial charge on any atom is 0.193 e. The molecule has 0 unspecified atom stereocenters. The van der Waals surface area contributed by atoms with E-state index in [1.165, 1.54) is 0 Å². The molecule has 144 valence electrons. The fourth-order valence-electron chi connectivity index (χ4n) is 3.42. The van der Waals surface area contributed by atoms with Crippen molar-refractivity contribution in [1.82, 2.24) is 9.55 Å². The van der Waals surface area contributed by atoms with Crippen LogP contribution in [0.2, 0.25) is 0 Å². The maximum atomic E-state index is 13.0. The molecule has 1 N–H and O–H groups in total. The number of para-hydroxylation sites is 2. The predicted octanol–water partition coefficient (Wildman–Crippen LogP) is 5.03. The number of aromatic nitrogens is 2. The maximum absolute atomic E-state index is 13.0. The summed E-state index contributed by atoms with van der Waals surface area (Å²) >= 11 is 0. The Hall–Kier alpha value is -3.73. The summed E-state index contributed by atoms with van der Waals surface area (Å²) < 4.78 is 1.89. The van der Waals surface area contributed by atoms with Gasteiger partial charge in [-0.1, -0.05) is 43.3 Å². The molecule has 0 aliphatic rings. The van der Waals surface area contributed by atoms with Gasteiger partial charge in [-0.2, -0.15) is 0 Å². The zero-order valence-corrected chi connectivity index (χ0v) is 16.3. The summed E-state index contributed by atoms with van der Waals surface area (Å²) in [6.07, 6.45) is 0.357. The highest BCUT2D eigenvalue weighted by Crippen LogP contribution is 2.26. The average Bonchev–Trinajstić information content (AvgIpc) is 2.74. The van der Waals surface area contributed by atoms with Gasteiger partial charge in [0.15, 0.2) is 16.9 Å². The quantitative estimate of drug-likeness (QED) is 0.491. The molecule has 0 saturated heterocycles. The molecule has 0 spiro atoms. The van der Waals surface area contributed by atoms with Crippen molar-refractivity contribution in [3.8, 4) is 5.69 Å². The highest BCUT2D eigenvalue weighted by molar-refractivity contribution is 5.97. The molecule has 0 aliphatic carbocycles. The smallest absolute Gasteiger partial charge is 0.193 e. The van der Waals surface area contributed by atoms with Crippen LogP contribution in [-0.2, 0) is 0 Å². The van der Waals surface area contributed by atoms with E-state index in [1.807, 2.05) is 72.2 Å². The number of fused-ring (bicyclic) bond motifs is 1. The Morgan fingerprint density at radius 2 is 1.66 bits per heavy atom. The fourth-order valence-corrected chi connectivity index (χ4v) is 3.42. The second kappa shape index (κ2) is 7.72. The van der Waals surface area contributed by atoms with Gasteiger partial charge in [-0.3, -0.25) is 14.2 Å². The molecule has 2 heterocycles. The number of hydrogen-bond acceptors (Lipinski definition) is 4. The Labute approximate surface area is 168 Å². The van der Waals surface area contributed by atoms with Crippen LogP contribution in [0.1, 0.15) is 29.4 Å². The van der Waals surface area contributed by atoms with Crippen LogP contribution in [-0.4, -0.2) is 15.3 Å². The van der Waals surface area contributed by atoms with E-state index < -0.39 is 0 Å². The van der Waals surface area contributed by atoms with Gasteiger partial charge in [0.1, 0.15) is 11.5 Å². The normalized spacial score (nSPS) is 10.8. The van der Waals surface area contributed by atoms with E-state index in [-0.39, 0.29) is 11.2 Å². The number of nitrogens with one attached hydrogen (secondary N) is 1. The predicted molar refractivity (Wildman–Crippen MR) is 116 cm³/mol. The molecular formula is C24H21N3O2. The standard InChI is InChI=1S/C24H21N3O2/c1-3-20(28)19-14-16(2)23-21(29)15-22(25-17-10-6-4-7-11-17)27(24(23)26-19)18-12-8-5-9-13-18/h4-15,25H,3H2,1-2H3. The highest BCUT2D eigenvalue weighted by atomic mass is 16.1. The Balaban J connectivity index is 2.07. The third-order valence-corrected chi connectivity index (χ3v) is 4.83. The second-order valence-electron chi connectivity index (χ2n) is 6.86. The van der Waals surface area contributed by atoms with Gasteiger partial charge in [0.05, 0.1) is 5.39 Å². The summed E-state index contributed by atoms with van der Waals surface area (Å²) in [6, 6.07) is 22.6. The van der Waals surface area contributed by atoms with Crippen LogP contribution in [0.25, 0.3) is 16.7 Å². The summed E-state index contributed by atoms with van der Waals surface area (Å²) in [7, 11) is 0. The lowest BCUT2D eigenvalue weighted by Gasteiger charge is -2.19. The lowest BCUT2D eigenvalue weighted by atomic mass is 10.1.